The van der Waals surface area contributed by atoms with Gasteiger partial charge in [0.2, 0.25) is 5.76 Å². The Bertz CT molecular complexity index is 575. The van der Waals surface area contributed by atoms with Gasteiger partial charge in [0.1, 0.15) is 23.3 Å². The Hall–Kier alpha value is -1.99. The first-order chi connectivity index (χ1) is 8.60. The quantitative estimate of drug-likeness (QED) is 0.897. The van der Waals surface area contributed by atoms with Gasteiger partial charge in [-0.3, -0.25) is 0 Å². The third-order valence-electron chi connectivity index (χ3n) is 2.90. The van der Waals surface area contributed by atoms with E-state index >= 15 is 0 Å². The topological polar surface area (TPSA) is 62.1 Å². The van der Waals surface area contributed by atoms with Gasteiger partial charge in [0.15, 0.2) is 0 Å². The number of hydrogen-bond acceptors (Lipinski definition) is 4. The van der Waals surface area contributed by atoms with Gasteiger partial charge < -0.3 is 14.2 Å². The molecule has 2 aromatic heterocycles. The number of nitrogens with zero attached hydrogens (tertiary/aromatic N) is 1. The Labute approximate surface area is 106 Å². The molecule has 2 heterocycles. The first kappa shape index (κ1) is 12.5. The van der Waals surface area contributed by atoms with E-state index in [4.69, 9.17) is 14.1 Å². The molecule has 18 heavy (non-hydrogen) atoms. The average Bonchev–Trinajstić information content (AvgIpc) is 2.92. The Morgan fingerprint density at radius 1 is 1.33 bits per heavy atom. The SMILES string of the molecule is Cc1cc(C(C)NCc2ccc(C#N)o2)c(C)o1. The molecule has 1 N–H and O–H groups in total. The van der Waals surface area contributed by atoms with Crippen LogP contribution in [0.3, 0.4) is 0 Å². The van der Waals surface area contributed by atoms with Crippen molar-refractivity contribution >= 4 is 0 Å². The van der Waals surface area contributed by atoms with E-state index < -0.39 is 0 Å². The van der Waals surface area contributed by atoms with Crippen molar-refractivity contribution in [3.8, 4) is 6.07 Å². The van der Waals surface area contributed by atoms with Gasteiger partial charge in [0, 0.05) is 11.6 Å². The van der Waals surface area contributed by atoms with Gasteiger partial charge in [-0.15, -0.1) is 0 Å². The number of rotatable bonds is 4. The zero-order valence-corrected chi connectivity index (χ0v) is 10.8. The predicted molar refractivity (Wildman–Crippen MR) is 66.9 cm³/mol. The fourth-order valence-electron chi connectivity index (χ4n) is 1.98. The lowest BCUT2D eigenvalue weighted by Gasteiger charge is -2.11. The molecule has 0 bridgehead atoms. The highest BCUT2D eigenvalue weighted by Crippen LogP contribution is 2.21. The fourth-order valence-corrected chi connectivity index (χ4v) is 1.98. The molecule has 0 amide bonds. The second-order valence-corrected chi connectivity index (χ2v) is 4.35. The van der Waals surface area contributed by atoms with Crippen LogP contribution in [0.2, 0.25) is 0 Å². The van der Waals surface area contributed by atoms with Crippen molar-refractivity contribution in [1.82, 2.24) is 5.32 Å². The normalized spacial score (nSPS) is 12.3. The minimum Gasteiger partial charge on any atom is -0.466 e. The first-order valence-corrected chi connectivity index (χ1v) is 5.89. The molecule has 0 saturated heterocycles. The van der Waals surface area contributed by atoms with Crippen LogP contribution in [0, 0.1) is 25.2 Å². The van der Waals surface area contributed by atoms with Crippen LogP contribution in [0.1, 0.15) is 41.6 Å². The summed E-state index contributed by atoms with van der Waals surface area (Å²) in [7, 11) is 0. The summed E-state index contributed by atoms with van der Waals surface area (Å²) < 4.78 is 10.8. The zero-order chi connectivity index (χ0) is 13.1. The van der Waals surface area contributed by atoms with E-state index in [9.17, 15) is 0 Å². The fraction of sp³-hybridized carbons (Fsp3) is 0.357. The summed E-state index contributed by atoms with van der Waals surface area (Å²) in [6, 6.07) is 7.67. The van der Waals surface area contributed by atoms with Crippen molar-refractivity contribution in [3.63, 3.8) is 0 Å². The smallest absolute Gasteiger partial charge is 0.203 e. The lowest BCUT2D eigenvalue weighted by molar-refractivity contribution is 0.447. The predicted octanol–water partition coefficient (Wildman–Crippen LogP) is 3.21. The van der Waals surface area contributed by atoms with E-state index in [2.05, 4.69) is 12.2 Å². The number of nitrogens with one attached hydrogen (secondary N) is 1. The second-order valence-electron chi connectivity index (χ2n) is 4.35. The molecule has 0 fully saturated rings. The second kappa shape index (κ2) is 5.11. The highest BCUT2D eigenvalue weighted by atomic mass is 16.3. The van der Waals surface area contributed by atoms with Gasteiger partial charge >= 0.3 is 0 Å². The van der Waals surface area contributed by atoms with E-state index in [0.29, 0.717) is 12.3 Å². The standard InChI is InChI=1S/C14H16N2O2/c1-9-6-14(11(3)17-9)10(2)16-8-13-5-4-12(7-15)18-13/h4-6,10,16H,8H2,1-3H3. The molecule has 0 aliphatic heterocycles. The molecular formula is C14H16N2O2. The van der Waals surface area contributed by atoms with Gasteiger partial charge in [-0.1, -0.05) is 0 Å². The third-order valence-corrected chi connectivity index (χ3v) is 2.90. The van der Waals surface area contributed by atoms with E-state index in [-0.39, 0.29) is 6.04 Å². The number of nitriles is 1. The molecule has 0 saturated carbocycles. The number of hydrogen-bond donors (Lipinski definition) is 1. The summed E-state index contributed by atoms with van der Waals surface area (Å²) in [5.74, 6) is 2.96. The van der Waals surface area contributed by atoms with Gasteiger partial charge in [-0.2, -0.15) is 5.26 Å². The van der Waals surface area contributed by atoms with Crippen LogP contribution in [0.15, 0.2) is 27.0 Å². The maximum atomic E-state index is 8.67. The molecule has 0 aliphatic rings. The first-order valence-electron chi connectivity index (χ1n) is 5.89. The Balaban J connectivity index is 1.98. The van der Waals surface area contributed by atoms with Crippen LogP contribution in [0.4, 0.5) is 0 Å². The highest BCUT2D eigenvalue weighted by Gasteiger charge is 2.12. The highest BCUT2D eigenvalue weighted by molar-refractivity contribution is 5.24. The average molecular weight is 244 g/mol. The van der Waals surface area contributed by atoms with Gasteiger partial charge in [0.05, 0.1) is 6.54 Å². The molecule has 0 aliphatic carbocycles. The van der Waals surface area contributed by atoms with E-state index in [1.807, 2.05) is 32.0 Å². The van der Waals surface area contributed by atoms with Gasteiger partial charge in [-0.25, -0.2) is 0 Å². The third kappa shape index (κ3) is 2.63. The number of aryl methyl sites for hydroxylation is 2. The monoisotopic (exact) mass is 244 g/mol. The molecule has 4 nitrogen and oxygen atoms in total. The maximum absolute atomic E-state index is 8.67. The molecule has 0 radical (unpaired) electrons. The molecule has 0 aromatic carbocycles. The number of furan rings is 2. The molecule has 2 aromatic rings. The van der Waals surface area contributed by atoms with Crippen LogP contribution in [-0.2, 0) is 6.54 Å². The minimum atomic E-state index is 0.179. The Morgan fingerprint density at radius 3 is 2.67 bits per heavy atom. The molecular weight excluding hydrogens is 228 g/mol. The van der Waals surface area contributed by atoms with E-state index in [1.54, 1.807) is 6.07 Å². The van der Waals surface area contributed by atoms with Crippen molar-refractivity contribution in [2.45, 2.75) is 33.4 Å². The van der Waals surface area contributed by atoms with E-state index in [1.165, 1.54) is 0 Å². The van der Waals surface area contributed by atoms with Crippen LogP contribution >= 0.6 is 0 Å². The Kier molecular flexibility index (Phi) is 3.54. The van der Waals surface area contributed by atoms with Crippen LogP contribution in [0.25, 0.3) is 0 Å². The lowest BCUT2D eigenvalue weighted by atomic mass is 10.1. The Morgan fingerprint density at radius 2 is 2.11 bits per heavy atom. The van der Waals surface area contributed by atoms with Crippen molar-refractivity contribution in [2.75, 3.05) is 0 Å². The minimum absolute atomic E-state index is 0.179. The van der Waals surface area contributed by atoms with Crippen LogP contribution in [-0.4, -0.2) is 0 Å². The molecule has 1 atom stereocenters. The summed E-state index contributed by atoms with van der Waals surface area (Å²) >= 11 is 0. The van der Waals surface area contributed by atoms with Crippen molar-refractivity contribution in [1.29, 1.82) is 5.26 Å². The summed E-state index contributed by atoms with van der Waals surface area (Å²) in [5, 5.41) is 12.0. The van der Waals surface area contributed by atoms with Crippen molar-refractivity contribution in [2.24, 2.45) is 0 Å². The van der Waals surface area contributed by atoms with E-state index in [0.717, 1.165) is 22.8 Å². The van der Waals surface area contributed by atoms with Crippen molar-refractivity contribution in [3.05, 3.63) is 46.8 Å². The molecule has 0 spiro atoms. The van der Waals surface area contributed by atoms with Gasteiger partial charge in [0.25, 0.3) is 0 Å². The summed E-state index contributed by atoms with van der Waals surface area (Å²) in [6.07, 6.45) is 0. The molecule has 1 unspecified atom stereocenters. The zero-order valence-electron chi connectivity index (χ0n) is 10.8. The van der Waals surface area contributed by atoms with Crippen molar-refractivity contribution < 1.29 is 8.83 Å². The van der Waals surface area contributed by atoms with Crippen LogP contribution in [0.5, 0.6) is 0 Å². The molecule has 2 rings (SSSR count). The largest absolute Gasteiger partial charge is 0.466 e. The summed E-state index contributed by atoms with van der Waals surface area (Å²) in [5.41, 5.74) is 1.15. The van der Waals surface area contributed by atoms with Crippen LogP contribution < -0.4 is 5.32 Å². The lowest BCUT2D eigenvalue weighted by Crippen LogP contribution is -2.17. The molecule has 94 valence electrons. The maximum Gasteiger partial charge on any atom is 0.203 e. The summed E-state index contributed by atoms with van der Waals surface area (Å²) in [4.78, 5) is 0. The molecule has 4 heteroatoms. The van der Waals surface area contributed by atoms with Gasteiger partial charge in [-0.05, 0) is 39.0 Å². The summed E-state index contributed by atoms with van der Waals surface area (Å²) in [6.45, 7) is 6.56.